The molecule has 0 radical (unpaired) electrons. The Labute approximate surface area is 108 Å². The Hall–Kier alpha value is -0.410. The van der Waals surface area contributed by atoms with Crippen LogP contribution < -0.4 is 5.32 Å². The molecular weight excluding hydrogens is 228 g/mol. The standard InChI is InChI=1S/C14H22N2S/c1-10-8-17-13(16-10)7-14(9-15-2)6-11-3-4-12(14)5-11/h8,11-12,15H,3-7,9H2,1-2H3. The van der Waals surface area contributed by atoms with Crippen molar-refractivity contribution < 1.29 is 0 Å². The lowest BCUT2D eigenvalue weighted by Gasteiger charge is -2.37. The Morgan fingerprint density at radius 1 is 1.53 bits per heavy atom. The van der Waals surface area contributed by atoms with Crippen LogP contribution in [0.3, 0.4) is 0 Å². The molecule has 2 bridgehead atoms. The topological polar surface area (TPSA) is 24.9 Å². The number of rotatable bonds is 4. The van der Waals surface area contributed by atoms with Crippen LogP contribution >= 0.6 is 11.3 Å². The second kappa shape index (κ2) is 4.36. The van der Waals surface area contributed by atoms with E-state index < -0.39 is 0 Å². The number of aryl methyl sites for hydroxylation is 1. The van der Waals surface area contributed by atoms with Gasteiger partial charge in [-0.05, 0) is 50.5 Å². The highest BCUT2D eigenvalue weighted by molar-refractivity contribution is 7.09. The number of aromatic nitrogens is 1. The molecule has 17 heavy (non-hydrogen) atoms. The molecule has 0 saturated heterocycles. The minimum absolute atomic E-state index is 0.516. The van der Waals surface area contributed by atoms with Gasteiger partial charge in [0.2, 0.25) is 0 Å². The summed E-state index contributed by atoms with van der Waals surface area (Å²) in [4.78, 5) is 4.68. The number of nitrogens with one attached hydrogen (secondary N) is 1. The first-order chi connectivity index (χ1) is 8.22. The van der Waals surface area contributed by atoms with Crippen molar-refractivity contribution >= 4 is 11.3 Å². The predicted molar refractivity (Wildman–Crippen MR) is 72.4 cm³/mol. The van der Waals surface area contributed by atoms with Gasteiger partial charge in [-0.1, -0.05) is 6.42 Å². The van der Waals surface area contributed by atoms with E-state index in [-0.39, 0.29) is 0 Å². The lowest BCUT2D eigenvalue weighted by Crippen LogP contribution is -2.39. The molecule has 1 heterocycles. The normalized spacial score (nSPS) is 35.6. The van der Waals surface area contributed by atoms with E-state index in [4.69, 9.17) is 0 Å². The fourth-order valence-electron chi connectivity index (χ4n) is 4.19. The van der Waals surface area contributed by atoms with Crippen LogP contribution in [0.4, 0.5) is 0 Å². The molecule has 0 amide bonds. The maximum absolute atomic E-state index is 4.68. The second-order valence-electron chi connectivity index (χ2n) is 6.03. The zero-order valence-electron chi connectivity index (χ0n) is 10.8. The van der Waals surface area contributed by atoms with Crippen molar-refractivity contribution in [3.63, 3.8) is 0 Å². The minimum Gasteiger partial charge on any atom is -0.319 e. The third kappa shape index (κ3) is 2.04. The molecule has 3 rings (SSSR count). The summed E-state index contributed by atoms with van der Waals surface area (Å²) >= 11 is 1.85. The minimum atomic E-state index is 0.516. The monoisotopic (exact) mass is 250 g/mol. The molecule has 3 unspecified atom stereocenters. The Kier molecular flexibility index (Phi) is 2.99. The number of nitrogens with zero attached hydrogens (tertiary/aromatic N) is 1. The fourth-order valence-corrected chi connectivity index (χ4v) is 5.12. The summed E-state index contributed by atoms with van der Waals surface area (Å²) in [6.07, 6.45) is 7.04. The summed E-state index contributed by atoms with van der Waals surface area (Å²) in [5.41, 5.74) is 1.70. The molecule has 2 saturated carbocycles. The van der Waals surface area contributed by atoms with Gasteiger partial charge in [0.15, 0.2) is 0 Å². The molecule has 3 heteroatoms. The predicted octanol–water partition coefficient (Wildman–Crippen LogP) is 3.02. The van der Waals surface area contributed by atoms with E-state index in [0.29, 0.717) is 5.41 Å². The highest BCUT2D eigenvalue weighted by Gasteiger charge is 2.50. The molecule has 0 aliphatic heterocycles. The maximum Gasteiger partial charge on any atom is 0.0934 e. The van der Waals surface area contributed by atoms with Gasteiger partial charge in [-0.25, -0.2) is 4.98 Å². The van der Waals surface area contributed by atoms with Gasteiger partial charge in [0, 0.05) is 24.0 Å². The molecule has 94 valence electrons. The molecule has 3 atom stereocenters. The van der Waals surface area contributed by atoms with Gasteiger partial charge < -0.3 is 5.32 Å². The molecule has 1 aromatic heterocycles. The molecule has 2 nitrogen and oxygen atoms in total. The van der Waals surface area contributed by atoms with Crippen molar-refractivity contribution in [3.05, 3.63) is 16.1 Å². The zero-order valence-corrected chi connectivity index (χ0v) is 11.6. The van der Waals surface area contributed by atoms with Crippen molar-refractivity contribution in [3.8, 4) is 0 Å². The third-order valence-corrected chi connectivity index (χ3v) is 5.77. The summed E-state index contributed by atoms with van der Waals surface area (Å²) in [5, 5.41) is 6.98. The maximum atomic E-state index is 4.68. The molecule has 1 aromatic rings. The van der Waals surface area contributed by atoms with E-state index in [1.165, 1.54) is 49.4 Å². The molecule has 0 spiro atoms. The third-order valence-electron chi connectivity index (χ3n) is 4.80. The Morgan fingerprint density at radius 2 is 2.41 bits per heavy atom. The molecule has 2 fully saturated rings. The van der Waals surface area contributed by atoms with E-state index in [1.807, 2.05) is 11.3 Å². The van der Waals surface area contributed by atoms with Gasteiger partial charge in [0.25, 0.3) is 0 Å². The Morgan fingerprint density at radius 3 is 2.94 bits per heavy atom. The first-order valence-corrected chi connectivity index (χ1v) is 7.65. The molecule has 1 N–H and O–H groups in total. The molecule has 2 aliphatic carbocycles. The largest absolute Gasteiger partial charge is 0.319 e. The van der Waals surface area contributed by atoms with Gasteiger partial charge in [0.1, 0.15) is 0 Å². The Balaban J connectivity index is 1.81. The van der Waals surface area contributed by atoms with Crippen LogP contribution in [-0.4, -0.2) is 18.6 Å². The van der Waals surface area contributed by atoms with Gasteiger partial charge in [-0.3, -0.25) is 0 Å². The first-order valence-electron chi connectivity index (χ1n) is 6.77. The van der Waals surface area contributed by atoms with Crippen molar-refractivity contribution in [2.45, 2.75) is 39.0 Å². The van der Waals surface area contributed by atoms with Gasteiger partial charge in [-0.2, -0.15) is 0 Å². The lowest BCUT2D eigenvalue weighted by molar-refractivity contribution is 0.160. The van der Waals surface area contributed by atoms with Crippen LogP contribution in [0.5, 0.6) is 0 Å². The van der Waals surface area contributed by atoms with Crippen molar-refractivity contribution in [2.24, 2.45) is 17.3 Å². The molecule has 2 aliphatic rings. The summed E-state index contributed by atoms with van der Waals surface area (Å²) in [7, 11) is 2.10. The van der Waals surface area contributed by atoms with E-state index in [9.17, 15) is 0 Å². The number of hydrogen-bond donors (Lipinski definition) is 1. The van der Waals surface area contributed by atoms with Crippen molar-refractivity contribution in [2.75, 3.05) is 13.6 Å². The summed E-state index contributed by atoms with van der Waals surface area (Å²) in [5.74, 6) is 1.96. The van der Waals surface area contributed by atoms with Crippen LogP contribution in [0.15, 0.2) is 5.38 Å². The Bertz CT molecular complexity index is 401. The van der Waals surface area contributed by atoms with Crippen molar-refractivity contribution in [1.29, 1.82) is 0 Å². The average Bonchev–Trinajstić information content (AvgIpc) is 2.95. The summed E-state index contributed by atoms with van der Waals surface area (Å²) in [6.45, 7) is 3.28. The van der Waals surface area contributed by atoms with Crippen LogP contribution in [0.25, 0.3) is 0 Å². The van der Waals surface area contributed by atoms with Crippen LogP contribution in [-0.2, 0) is 6.42 Å². The summed E-state index contributed by atoms with van der Waals surface area (Å²) < 4.78 is 0. The van der Waals surface area contributed by atoms with E-state index in [2.05, 4.69) is 29.7 Å². The second-order valence-corrected chi connectivity index (χ2v) is 6.97. The van der Waals surface area contributed by atoms with Gasteiger partial charge in [0.05, 0.1) is 5.01 Å². The molecular formula is C14H22N2S. The number of hydrogen-bond acceptors (Lipinski definition) is 3. The summed E-state index contributed by atoms with van der Waals surface area (Å²) in [6, 6.07) is 0. The van der Waals surface area contributed by atoms with E-state index in [1.54, 1.807) is 0 Å². The van der Waals surface area contributed by atoms with Crippen LogP contribution in [0.2, 0.25) is 0 Å². The smallest absolute Gasteiger partial charge is 0.0934 e. The quantitative estimate of drug-likeness (QED) is 0.888. The highest BCUT2D eigenvalue weighted by Crippen LogP contribution is 2.57. The average molecular weight is 250 g/mol. The van der Waals surface area contributed by atoms with Crippen LogP contribution in [0.1, 0.15) is 36.4 Å². The molecule has 0 aromatic carbocycles. The lowest BCUT2D eigenvalue weighted by atomic mass is 9.71. The zero-order chi connectivity index (χ0) is 11.9. The number of thiazole rings is 1. The van der Waals surface area contributed by atoms with Gasteiger partial charge in [-0.15, -0.1) is 11.3 Å². The van der Waals surface area contributed by atoms with Gasteiger partial charge >= 0.3 is 0 Å². The highest BCUT2D eigenvalue weighted by atomic mass is 32.1. The van der Waals surface area contributed by atoms with Crippen LogP contribution in [0, 0.1) is 24.2 Å². The fraction of sp³-hybridized carbons (Fsp3) is 0.786. The van der Waals surface area contributed by atoms with Crippen molar-refractivity contribution in [1.82, 2.24) is 10.3 Å². The van der Waals surface area contributed by atoms with E-state index in [0.717, 1.165) is 11.8 Å². The number of fused-ring (bicyclic) bond motifs is 2. The SMILES string of the molecule is CNCC1(Cc2nc(C)cs2)CC2CCC1C2. The van der Waals surface area contributed by atoms with E-state index >= 15 is 0 Å². The first kappa shape index (κ1) is 11.7.